The highest BCUT2D eigenvalue weighted by Gasteiger charge is 2.62. The van der Waals surface area contributed by atoms with Crippen LogP contribution in [0.4, 0.5) is 5.69 Å². The minimum absolute atomic E-state index is 0.0272. The average molecular weight is 337 g/mol. The van der Waals surface area contributed by atoms with E-state index in [-0.39, 0.29) is 17.9 Å². The van der Waals surface area contributed by atoms with Crippen LogP contribution in [0.3, 0.4) is 0 Å². The van der Waals surface area contributed by atoms with E-state index < -0.39 is 16.5 Å². The molecule has 0 amide bonds. The molecule has 126 valence electrons. The van der Waals surface area contributed by atoms with Crippen LogP contribution in [-0.4, -0.2) is 17.0 Å². The Hall–Kier alpha value is -2.99. The molecule has 3 unspecified atom stereocenters. The van der Waals surface area contributed by atoms with Crippen molar-refractivity contribution in [2.45, 2.75) is 24.2 Å². The summed E-state index contributed by atoms with van der Waals surface area (Å²) in [5.74, 6) is -0.415. The molecule has 2 fully saturated rings. The second-order valence-electron chi connectivity index (χ2n) is 6.25. The van der Waals surface area contributed by atoms with E-state index in [2.05, 4.69) is 6.58 Å². The lowest BCUT2D eigenvalue weighted by Gasteiger charge is -2.26. The van der Waals surface area contributed by atoms with Gasteiger partial charge in [-0.05, 0) is 23.3 Å². The van der Waals surface area contributed by atoms with Crippen molar-refractivity contribution in [2.24, 2.45) is 0 Å². The Labute approximate surface area is 143 Å². The van der Waals surface area contributed by atoms with E-state index in [4.69, 9.17) is 9.47 Å². The van der Waals surface area contributed by atoms with Crippen LogP contribution in [0.25, 0.3) is 0 Å². The lowest BCUT2D eigenvalue weighted by molar-refractivity contribution is -0.384. The molecule has 0 aliphatic carbocycles. The van der Waals surface area contributed by atoms with Crippen LogP contribution < -0.4 is 0 Å². The first-order valence-electron chi connectivity index (χ1n) is 7.88. The van der Waals surface area contributed by atoms with Gasteiger partial charge in [-0.1, -0.05) is 36.9 Å². The molecule has 4 rings (SSSR count). The molecule has 0 bridgehead atoms. The Bertz CT molecular complexity index is 843. The topological polar surface area (TPSA) is 82.0 Å². The van der Waals surface area contributed by atoms with Crippen LogP contribution in [0.15, 0.2) is 66.7 Å². The molecular formula is C19H15NO5. The second kappa shape index (κ2) is 5.53. The fourth-order valence-corrected chi connectivity index (χ4v) is 3.37. The van der Waals surface area contributed by atoms with E-state index in [9.17, 15) is 14.9 Å². The Kier molecular flexibility index (Phi) is 3.43. The third-order valence-electron chi connectivity index (χ3n) is 4.69. The summed E-state index contributed by atoms with van der Waals surface area (Å²) >= 11 is 0. The minimum atomic E-state index is -0.901. The van der Waals surface area contributed by atoms with Crippen molar-refractivity contribution in [3.8, 4) is 0 Å². The van der Waals surface area contributed by atoms with Crippen LogP contribution in [0, 0.1) is 10.1 Å². The Morgan fingerprint density at radius 2 is 1.80 bits per heavy atom. The summed E-state index contributed by atoms with van der Waals surface area (Å²) in [5.41, 5.74) is 1.22. The number of nitrogens with zero attached hydrogens (tertiary/aromatic N) is 1. The number of cyclic esters (lactones) is 1. The van der Waals surface area contributed by atoms with Crippen LogP contribution in [0.1, 0.15) is 23.7 Å². The number of non-ortho nitro benzene ring substituents is 1. The van der Waals surface area contributed by atoms with Crippen LogP contribution in [0.2, 0.25) is 0 Å². The third-order valence-corrected chi connectivity index (χ3v) is 4.69. The molecule has 2 aromatic rings. The smallest absolute Gasteiger partial charge is 0.334 e. The number of nitro benzene ring substituents is 1. The molecule has 6 nitrogen and oxygen atoms in total. The Morgan fingerprint density at radius 3 is 2.36 bits per heavy atom. The summed E-state index contributed by atoms with van der Waals surface area (Å²) in [7, 11) is 0. The highest BCUT2D eigenvalue weighted by atomic mass is 16.6. The first-order chi connectivity index (χ1) is 12.0. The molecule has 6 heteroatoms. The van der Waals surface area contributed by atoms with E-state index >= 15 is 0 Å². The van der Waals surface area contributed by atoms with Crippen LogP contribution >= 0.6 is 0 Å². The maximum absolute atomic E-state index is 12.0. The Morgan fingerprint density at radius 1 is 1.12 bits per heavy atom. The number of nitro groups is 1. The number of esters is 1. The first kappa shape index (κ1) is 15.5. The molecule has 3 atom stereocenters. The fraction of sp³-hybridized carbons (Fsp3) is 0.211. The van der Waals surface area contributed by atoms with Crippen molar-refractivity contribution in [1.29, 1.82) is 0 Å². The van der Waals surface area contributed by atoms with Gasteiger partial charge in [0.1, 0.15) is 12.2 Å². The molecule has 0 spiro atoms. The fourth-order valence-electron chi connectivity index (χ4n) is 3.37. The molecule has 2 aliphatic heterocycles. The van der Waals surface area contributed by atoms with E-state index in [1.807, 2.05) is 30.3 Å². The van der Waals surface area contributed by atoms with E-state index in [0.29, 0.717) is 12.0 Å². The van der Waals surface area contributed by atoms with Gasteiger partial charge in [-0.15, -0.1) is 0 Å². The van der Waals surface area contributed by atoms with Crippen molar-refractivity contribution in [3.63, 3.8) is 0 Å². The summed E-state index contributed by atoms with van der Waals surface area (Å²) in [6.45, 7) is 3.79. The van der Waals surface area contributed by atoms with Gasteiger partial charge < -0.3 is 9.47 Å². The van der Waals surface area contributed by atoms with Gasteiger partial charge in [0.2, 0.25) is 0 Å². The summed E-state index contributed by atoms with van der Waals surface area (Å²) in [4.78, 5) is 22.4. The number of hydrogen-bond donors (Lipinski definition) is 0. The van der Waals surface area contributed by atoms with Crippen molar-refractivity contribution < 1.29 is 19.2 Å². The van der Waals surface area contributed by atoms with Crippen molar-refractivity contribution in [3.05, 3.63) is 88.0 Å². The first-order valence-corrected chi connectivity index (χ1v) is 7.88. The maximum atomic E-state index is 12.0. The number of epoxide rings is 1. The van der Waals surface area contributed by atoms with E-state index in [1.54, 1.807) is 12.1 Å². The van der Waals surface area contributed by atoms with Crippen molar-refractivity contribution in [2.75, 3.05) is 0 Å². The normalized spacial score (nSPS) is 27.8. The number of hydrogen-bond acceptors (Lipinski definition) is 5. The number of carbonyl (C=O) groups excluding carboxylic acids is 1. The molecule has 0 radical (unpaired) electrons. The maximum Gasteiger partial charge on any atom is 0.334 e. The molecule has 0 N–H and O–H groups in total. The lowest BCUT2D eigenvalue weighted by Crippen LogP contribution is -2.32. The van der Waals surface area contributed by atoms with Gasteiger partial charge in [-0.3, -0.25) is 10.1 Å². The third kappa shape index (κ3) is 2.51. The zero-order valence-corrected chi connectivity index (χ0v) is 13.3. The SMILES string of the molecule is C=C1CC(c2ccccc2)(C2OC2c2ccc([N+](=O)[O-])cc2)OC1=O. The Balaban J connectivity index is 1.66. The predicted octanol–water partition coefficient (Wildman–Crippen LogP) is 3.43. The number of ether oxygens (including phenoxy) is 2. The standard InChI is InChI=1S/C19H15NO5/c1-12-11-19(25-18(12)21,14-5-3-2-4-6-14)17-16(24-17)13-7-9-15(10-8-13)20(22)23/h2-10,16-17H,1,11H2. The molecular weight excluding hydrogens is 322 g/mol. The minimum Gasteiger partial charge on any atom is -0.448 e. The quantitative estimate of drug-likeness (QED) is 0.281. The highest BCUT2D eigenvalue weighted by molar-refractivity contribution is 5.91. The number of rotatable bonds is 4. The zero-order valence-electron chi connectivity index (χ0n) is 13.3. The summed E-state index contributed by atoms with van der Waals surface area (Å²) in [6.07, 6.45) is -0.261. The van der Waals surface area contributed by atoms with Crippen LogP contribution in [0.5, 0.6) is 0 Å². The molecule has 2 saturated heterocycles. The molecule has 2 heterocycles. The van der Waals surface area contributed by atoms with Crippen LogP contribution in [-0.2, 0) is 19.9 Å². The second-order valence-corrected chi connectivity index (χ2v) is 6.25. The zero-order chi connectivity index (χ0) is 17.6. The summed E-state index contributed by atoms with van der Waals surface area (Å²) in [6, 6.07) is 15.7. The molecule has 0 aromatic heterocycles. The van der Waals surface area contributed by atoms with Crippen molar-refractivity contribution in [1.82, 2.24) is 0 Å². The molecule has 0 saturated carbocycles. The molecule has 25 heavy (non-hydrogen) atoms. The highest BCUT2D eigenvalue weighted by Crippen LogP contribution is 2.55. The molecule has 2 aromatic carbocycles. The van der Waals surface area contributed by atoms with Crippen molar-refractivity contribution >= 4 is 11.7 Å². The van der Waals surface area contributed by atoms with Gasteiger partial charge in [0.25, 0.3) is 5.69 Å². The van der Waals surface area contributed by atoms with Gasteiger partial charge in [0, 0.05) is 24.1 Å². The summed E-state index contributed by atoms with van der Waals surface area (Å²) in [5, 5.41) is 10.8. The van der Waals surface area contributed by atoms with E-state index in [0.717, 1.165) is 11.1 Å². The largest absolute Gasteiger partial charge is 0.448 e. The summed E-state index contributed by atoms with van der Waals surface area (Å²) < 4.78 is 11.6. The van der Waals surface area contributed by atoms with Gasteiger partial charge >= 0.3 is 5.97 Å². The lowest BCUT2D eigenvalue weighted by atomic mass is 9.84. The number of carbonyl (C=O) groups is 1. The van der Waals surface area contributed by atoms with E-state index in [1.165, 1.54) is 12.1 Å². The predicted molar refractivity (Wildman–Crippen MR) is 88.7 cm³/mol. The van der Waals surface area contributed by atoms with Gasteiger partial charge in [0.05, 0.1) is 4.92 Å². The number of benzene rings is 2. The average Bonchev–Trinajstić information content (AvgIpc) is 3.37. The van der Waals surface area contributed by atoms with Gasteiger partial charge in [-0.2, -0.15) is 0 Å². The monoisotopic (exact) mass is 337 g/mol. The molecule has 2 aliphatic rings. The van der Waals surface area contributed by atoms with Gasteiger partial charge in [-0.25, -0.2) is 4.79 Å². The van der Waals surface area contributed by atoms with Gasteiger partial charge in [0.15, 0.2) is 5.60 Å².